The molecule has 5 aliphatic rings. The van der Waals surface area contributed by atoms with Gasteiger partial charge in [0.25, 0.3) is 0 Å². The molecule has 4 aromatic carbocycles. The van der Waals surface area contributed by atoms with Crippen LogP contribution >= 0.6 is 0 Å². The van der Waals surface area contributed by atoms with Crippen molar-refractivity contribution in [3.63, 3.8) is 0 Å². The summed E-state index contributed by atoms with van der Waals surface area (Å²) in [4.78, 5) is 5.30. The summed E-state index contributed by atoms with van der Waals surface area (Å²) in [6.07, 6.45) is 5.75. The summed E-state index contributed by atoms with van der Waals surface area (Å²) in [5.74, 6) is 2.60. The summed E-state index contributed by atoms with van der Waals surface area (Å²) in [5, 5.41) is 0. The van der Waals surface area contributed by atoms with E-state index < -0.39 is 0 Å². The normalized spacial score (nSPS) is 24.9. The van der Waals surface area contributed by atoms with Gasteiger partial charge in [0, 0.05) is 0 Å². The van der Waals surface area contributed by atoms with Crippen molar-refractivity contribution >= 4 is 69.7 Å². The molecule has 0 saturated heterocycles. The number of hydrogen-bond acceptors (Lipinski definition) is 2. The number of rotatable bonds is 2. The van der Waals surface area contributed by atoms with Gasteiger partial charge in [0.2, 0.25) is 0 Å². The summed E-state index contributed by atoms with van der Waals surface area (Å²) in [6, 6.07) is 32.7. The van der Waals surface area contributed by atoms with Crippen molar-refractivity contribution in [1.82, 2.24) is 0 Å². The van der Waals surface area contributed by atoms with Crippen LogP contribution in [0.25, 0.3) is 0 Å². The fourth-order valence-corrected chi connectivity index (χ4v) is 11.3. The Kier molecular flexibility index (Phi) is 4.38. The van der Waals surface area contributed by atoms with Gasteiger partial charge in [-0.2, -0.15) is 0 Å². The molecule has 2 saturated carbocycles. The third-order valence-electron chi connectivity index (χ3n) is 10.2. The predicted molar refractivity (Wildman–Crippen MR) is 162 cm³/mol. The van der Waals surface area contributed by atoms with Gasteiger partial charge >= 0.3 is 233 Å². The van der Waals surface area contributed by atoms with Gasteiger partial charge in [-0.25, -0.2) is 0 Å². The summed E-state index contributed by atoms with van der Waals surface area (Å²) in [6.45, 7) is 5.16. The molecule has 186 valence electrons. The van der Waals surface area contributed by atoms with E-state index in [1.54, 1.807) is 19.9 Å². The molecule has 0 amide bonds. The van der Waals surface area contributed by atoms with Crippen LogP contribution in [0.1, 0.15) is 51.0 Å². The third kappa shape index (κ3) is 2.76. The summed E-state index contributed by atoms with van der Waals surface area (Å²) < 4.78 is 3.19. The number of fused-ring (bicyclic) bond motifs is 6. The molecule has 3 unspecified atom stereocenters. The first-order valence-electron chi connectivity index (χ1n) is 14.3. The van der Waals surface area contributed by atoms with Crippen molar-refractivity contribution in [2.24, 2.45) is 11.8 Å². The van der Waals surface area contributed by atoms with Crippen LogP contribution in [0.4, 0.5) is 22.7 Å². The van der Waals surface area contributed by atoms with Gasteiger partial charge in [-0.15, -0.1) is 0 Å². The molecular weight excluding hydrogens is 526 g/mol. The Morgan fingerprint density at radius 2 is 1.58 bits per heavy atom. The minimum absolute atomic E-state index is 0.213. The second kappa shape index (κ2) is 7.59. The van der Waals surface area contributed by atoms with Crippen LogP contribution in [-0.4, -0.2) is 27.3 Å². The van der Waals surface area contributed by atoms with Crippen molar-refractivity contribution in [3.05, 3.63) is 90.5 Å². The number of para-hydroxylation sites is 2. The van der Waals surface area contributed by atoms with Gasteiger partial charge in [0.15, 0.2) is 0 Å². The third-order valence-corrected chi connectivity index (χ3v) is 12.6. The Morgan fingerprint density at radius 3 is 2.39 bits per heavy atom. The topological polar surface area (TPSA) is 6.48 Å². The van der Waals surface area contributed by atoms with Crippen molar-refractivity contribution in [2.75, 3.05) is 9.80 Å². The van der Waals surface area contributed by atoms with Crippen LogP contribution in [0.3, 0.4) is 0 Å². The van der Waals surface area contributed by atoms with Crippen molar-refractivity contribution in [2.45, 2.75) is 51.1 Å². The predicted octanol–water partition coefficient (Wildman–Crippen LogP) is 4.41. The summed E-state index contributed by atoms with van der Waals surface area (Å²) in [5.41, 5.74) is 11.5. The first-order chi connectivity index (χ1) is 18.6. The van der Waals surface area contributed by atoms with E-state index in [1.165, 1.54) is 59.4 Å². The molecule has 2 nitrogen and oxygen atoms in total. The SMILES string of the molecule is CC1(C)N(c2ccccc2)c2cccc3c2N1c1cc(C2CC4CCC2C4)cc2c1B3c1ccccc1[Se]2. The molecular formula is C34H31BN2Se. The number of nitrogens with zero attached hydrogens (tertiary/aromatic N) is 2. The van der Waals surface area contributed by atoms with E-state index >= 15 is 0 Å². The van der Waals surface area contributed by atoms with Crippen molar-refractivity contribution in [1.29, 1.82) is 0 Å². The van der Waals surface area contributed by atoms with E-state index in [4.69, 9.17) is 0 Å². The van der Waals surface area contributed by atoms with E-state index in [9.17, 15) is 0 Å². The fraction of sp³-hybridized carbons (Fsp3) is 0.294. The maximum atomic E-state index is 2.72. The van der Waals surface area contributed by atoms with Crippen LogP contribution in [0.5, 0.6) is 0 Å². The molecule has 0 aromatic heterocycles. The molecule has 2 bridgehead atoms. The van der Waals surface area contributed by atoms with Gasteiger partial charge in [-0.3, -0.25) is 0 Å². The van der Waals surface area contributed by atoms with Crippen molar-refractivity contribution in [3.8, 4) is 0 Å². The summed E-state index contributed by atoms with van der Waals surface area (Å²) in [7, 11) is 0. The van der Waals surface area contributed by atoms with Crippen molar-refractivity contribution < 1.29 is 0 Å². The molecule has 2 fully saturated rings. The molecule has 4 aromatic rings. The van der Waals surface area contributed by atoms with Crippen LogP contribution in [-0.2, 0) is 0 Å². The second-order valence-corrected chi connectivity index (χ2v) is 14.8. The van der Waals surface area contributed by atoms with Gasteiger partial charge in [0.05, 0.1) is 0 Å². The standard InChI is InChI=1S/C34H31BN2Se/c1-34(2)36(24-9-4-3-5-10-24)28-13-8-12-27-33(28)37(34)29-19-23(25-18-21-15-16-22(25)17-21)20-31-32(29)35(27)26-11-6-7-14-30(26)38-31/h3-14,19-22,25H,15-18H2,1-2H3. The molecule has 4 heteroatoms. The number of hydrogen-bond donors (Lipinski definition) is 0. The maximum absolute atomic E-state index is 2.72. The molecule has 0 radical (unpaired) electrons. The van der Waals surface area contributed by atoms with Gasteiger partial charge in [-0.05, 0) is 0 Å². The first-order valence-corrected chi connectivity index (χ1v) is 16.0. The Morgan fingerprint density at radius 1 is 0.763 bits per heavy atom. The van der Waals surface area contributed by atoms with Crippen LogP contribution in [0.15, 0.2) is 84.9 Å². The molecule has 3 aliphatic heterocycles. The average Bonchev–Trinajstić information content (AvgIpc) is 3.63. The first kappa shape index (κ1) is 21.9. The fourth-order valence-electron chi connectivity index (χ4n) is 8.79. The van der Waals surface area contributed by atoms with Crippen LogP contribution in [0.2, 0.25) is 0 Å². The van der Waals surface area contributed by atoms with E-state index in [0.29, 0.717) is 21.7 Å². The zero-order valence-corrected chi connectivity index (χ0v) is 23.7. The molecule has 38 heavy (non-hydrogen) atoms. The minimum atomic E-state index is -0.213. The zero-order valence-electron chi connectivity index (χ0n) is 22.0. The summed E-state index contributed by atoms with van der Waals surface area (Å²) >= 11 is 0.336. The van der Waals surface area contributed by atoms with Gasteiger partial charge < -0.3 is 0 Å². The molecule has 0 spiro atoms. The molecule has 0 N–H and O–H groups in total. The van der Waals surface area contributed by atoms with E-state index in [1.807, 2.05) is 0 Å². The van der Waals surface area contributed by atoms with Crippen LogP contribution in [0, 0.1) is 11.8 Å². The Bertz CT molecular complexity index is 1630. The Labute approximate surface area is 232 Å². The average molecular weight is 557 g/mol. The zero-order chi connectivity index (χ0) is 25.2. The Hall–Kier alpha value is -2.94. The quantitative estimate of drug-likeness (QED) is 0.297. The monoisotopic (exact) mass is 558 g/mol. The molecule has 2 aliphatic carbocycles. The molecule has 3 heterocycles. The van der Waals surface area contributed by atoms with E-state index in [2.05, 4.69) is 109 Å². The molecule has 9 rings (SSSR count). The second-order valence-electron chi connectivity index (χ2n) is 12.5. The number of anilines is 4. The van der Waals surface area contributed by atoms with E-state index in [0.717, 1.165) is 17.8 Å². The molecule has 3 atom stereocenters. The Balaban J connectivity index is 1.33. The van der Waals surface area contributed by atoms with E-state index in [-0.39, 0.29) is 5.66 Å². The number of benzene rings is 4. The van der Waals surface area contributed by atoms with Crippen LogP contribution < -0.4 is 35.1 Å². The van der Waals surface area contributed by atoms with Gasteiger partial charge in [0.1, 0.15) is 0 Å². The van der Waals surface area contributed by atoms with Gasteiger partial charge in [-0.1, -0.05) is 0 Å².